The number of furan rings is 1. The van der Waals surface area contributed by atoms with Gasteiger partial charge in [-0.1, -0.05) is 16.8 Å². The van der Waals surface area contributed by atoms with Crippen molar-refractivity contribution in [1.82, 2.24) is 15.0 Å². The molecular weight excluding hydrogens is 346 g/mol. The molecule has 0 saturated carbocycles. The fourth-order valence-electron chi connectivity index (χ4n) is 2.91. The summed E-state index contributed by atoms with van der Waals surface area (Å²) in [4.78, 5) is 6.20. The van der Waals surface area contributed by atoms with Crippen LogP contribution in [0.3, 0.4) is 0 Å². The Labute approximate surface area is 149 Å². The van der Waals surface area contributed by atoms with Crippen LogP contribution in [0.5, 0.6) is 0 Å². The second kappa shape index (κ2) is 7.11. The standard InChI is InChI=1S/C17H18ClN3O2S/c18-17-4-3-14(24-17)12-21-7-5-20(6-8-21)11-13-10-16(23-19-13)15-2-1-9-22-15/h1-4,9-10H,5-8,11-12H2. The van der Waals surface area contributed by atoms with Gasteiger partial charge in [0.05, 0.1) is 16.3 Å². The van der Waals surface area contributed by atoms with Crippen LogP contribution in [0.2, 0.25) is 4.34 Å². The fourth-order valence-corrected chi connectivity index (χ4v) is 4.04. The van der Waals surface area contributed by atoms with E-state index in [0.717, 1.165) is 49.3 Å². The van der Waals surface area contributed by atoms with E-state index in [9.17, 15) is 0 Å². The van der Waals surface area contributed by atoms with E-state index in [1.165, 1.54) is 4.88 Å². The molecular formula is C17H18ClN3O2S. The maximum atomic E-state index is 6.00. The molecule has 3 aromatic heterocycles. The van der Waals surface area contributed by atoms with Crippen LogP contribution >= 0.6 is 22.9 Å². The number of halogens is 1. The molecule has 1 saturated heterocycles. The second-order valence-corrected chi connectivity index (χ2v) is 7.72. The summed E-state index contributed by atoms with van der Waals surface area (Å²) in [5, 5.41) is 4.15. The van der Waals surface area contributed by atoms with Crippen molar-refractivity contribution in [3.8, 4) is 11.5 Å². The van der Waals surface area contributed by atoms with Crippen molar-refractivity contribution in [2.24, 2.45) is 0 Å². The number of hydrogen-bond acceptors (Lipinski definition) is 6. The Hall–Kier alpha value is -1.60. The smallest absolute Gasteiger partial charge is 0.202 e. The monoisotopic (exact) mass is 363 g/mol. The molecule has 0 N–H and O–H groups in total. The van der Waals surface area contributed by atoms with E-state index in [-0.39, 0.29) is 0 Å². The number of rotatable bonds is 5. The molecule has 0 aromatic carbocycles. The lowest BCUT2D eigenvalue weighted by Gasteiger charge is -2.33. The molecule has 1 fully saturated rings. The first-order valence-electron chi connectivity index (χ1n) is 7.95. The van der Waals surface area contributed by atoms with E-state index < -0.39 is 0 Å². The van der Waals surface area contributed by atoms with Gasteiger partial charge >= 0.3 is 0 Å². The number of hydrogen-bond donors (Lipinski definition) is 0. The topological polar surface area (TPSA) is 45.7 Å². The molecule has 7 heteroatoms. The van der Waals surface area contributed by atoms with Crippen molar-refractivity contribution >= 4 is 22.9 Å². The van der Waals surface area contributed by atoms with Gasteiger partial charge in [0.25, 0.3) is 0 Å². The Morgan fingerprint density at radius 3 is 2.50 bits per heavy atom. The predicted octanol–water partition coefficient (Wildman–Crippen LogP) is 3.97. The minimum atomic E-state index is 0.684. The summed E-state index contributed by atoms with van der Waals surface area (Å²) in [6, 6.07) is 9.76. The minimum Gasteiger partial charge on any atom is -0.461 e. The van der Waals surface area contributed by atoms with Crippen LogP contribution < -0.4 is 0 Å². The molecule has 4 rings (SSSR count). The highest BCUT2D eigenvalue weighted by Gasteiger charge is 2.19. The molecule has 0 bridgehead atoms. The van der Waals surface area contributed by atoms with Gasteiger partial charge in [-0.2, -0.15) is 0 Å². The molecule has 0 amide bonds. The fraction of sp³-hybridized carbons (Fsp3) is 0.353. The second-order valence-electron chi connectivity index (χ2n) is 5.92. The summed E-state index contributed by atoms with van der Waals surface area (Å²) in [5.74, 6) is 1.40. The van der Waals surface area contributed by atoms with Gasteiger partial charge in [-0.05, 0) is 24.3 Å². The summed E-state index contributed by atoms with van der Waals surface area (Å²) in [5.41, 5.74) is 0.944. The molecule has 0 unspecified atom stereocenters. The van der Waals surface area contributed by atoms with Gasteiger partial charge in [-0.3, -0.25) is 9.80 Å². The average molecular weight is 364 g/mol. The molecule has 4 heterocycles. The summed E-state index contributed by atoms with van der Waals surface area (Å²) in [6.45, 7) is 5.96. The van der Waals surface area contributed by atoms with Crippen molar-refractivity contribution in [2.45, 2.75) is 13.1 Å². The normalized spacial score (nSPS) is 16.7. The van der Waals surface area contributed by atoms with Crippen LogP contribution in [-0.4, -0.2) is 41.1 Å². The van der Waals surface area contributed by atoms with Crippen LogP contribution in [-0.2, 0) is 13.1 Å². The lowest BCUT2D eigenvalue weighted by atomic mass is 10.2. The average Bonchev–Trinajstić information content (AvgIpc) is 3.31. The number of thiophene rings is 1. The molecule has 5 nitrogen and oxygen atoms in total. The van der Waals surface area contributed by atoms with Gasteiger partial charge in [0.1, 0.15) is 0 Å². The van der Waals surface area contributed by atoms with E-state index in [2.05, 4.69) is 21.0 Å². The Morgan fingerprint density at radius 1 is 1.04 bits per heavy atom. The molecule has 0 radical (unpaired) electrons. The largest absolute Gasteiger partial charge is 0.461 e. The maximum Gasteiger partial charge on any atom is 0.202 e. The summed E-state index contributed by atoms with van der Waals surface area (Å²) in [6.07, 6.45) is 1.64. The van der Waals surface area contributed by atoms with Gasteiger partial charge in [-0.15, -0.1) is 11.3 Å². The van der Waals surface area contributed by atoms with Gasteiger partial charge in [0.2, 0.25) is 5.76 Å². The summed E-state index contributed by atoms with van der Waals surface area (Å²) >= 11 is 7.66. The van der Waals surface area contributed by atoms with Crippen LogP contribution in [0.25, 0.3) is 11.5 Å². The Balaban J connectivity index is 1.29. The third-order valence-corrected chi connectivity index (χ3v) is 5.40. The minimum absolute atomic E-state index is 0.684. The predicted molar refractivity (Wildman–Crippen MR) is 94.1 cm³/mol. The number of piperazine rings is 1. The lowest BCUT2D eigenvalue weighted by Crippen LogP contribution is -2.45. The third-order valence-electron chi connectivity index (χ3n) is 4.18. The molecule has 1 aliphatic heterocycles. The highest BCUT2D eigenvalue weighted by Crippen LogP contribution is 2.24. The molecule has 1 aliphatic rings. The zero-order valence-electron chi connectivity index (χ0n) is 13.2. The third kappa shape index (κ3) is 3.72. The van der Waals surface area contributed by atoms with Crippen molar-refractivity contribution in [1.29, 1.82) is 0 Å². The van der Waals surface area contributed by atoms with E-state index in [0.29, 0.717) is 11.5 Å². The van der Waals surface area contributed by atoms with Crippen molar-refractivity contribution < 1.29 is 8.94 Å². The zero-order chi connectivity index (χ0) is 16.4. The summed E-state index contributed by atoms with van der Waals surface area (Å²) < 4.78 is 11.6. The highest BCUT2D eigenvalue weighted by atomic mass is 35.5. The first-order chi connectivity index (χ1) is 11.8. The number of aromatic nitrogens is 1. The first-order valence-corrected chi connectivity index (χ1v) is 9.14. The van der Waals surface area contributed by atoms with Crippen molar-refractivity contribution in [2.75, 3.05) is 26.2 Å². The van der Waals surface area contributed by atoms with Crippen LogP contribution in [0, 0.1) is 0 Å². The van der Waals surface area contributed by atoms with Gasteiger partial charge < -0.3 is 8.94 Å². The zero-order valence-corrected chi connectivity index (χ0v) is 14.7. The molecule has 126 valence electrons. The Bertz CT molecular complexity index is 775. The molecule has 0 atom stereocenters. The Kier molecular flexibility index (Phi) is 4.71. The summed E-state index contributed by atoms with van der Waals surface area (Å²) in [7, 11) is 0. The SMILES string of the molecule is Clc1ccc(CN2CCN(Cc3cc(-c4ccco4)on3)CC2)s1. The van der Waals surface area contributed by atoms with Crippen LogP contribution in [0.1, 0.15) is 10.6 Å². The van der Waals surface area contributed by atoms with Crippen molar-refractivity contribution in [3.05, 3.63) is 51.5 Å². The lowest BCUT2D eigenvalue weighted by molar-refractivity contribution is 0.121. The molecule has 3 aromatic rings. The van der Waals surface area contributed by atoms with Gasteiger partial charge in [0.15, 0.2) is 5.76 Å². The Morgan fingerprint density at radius 2 is 1.83 bits per heavy atom. The van der Waals surface area contributed by atoms with E-state index in [1.54, 1.807) is 17.6 Å². The molecule has 0 aliphatic carbocycles. The molecule has 24 heavy (non-hydrogen) atoms. The van der Waals surface area contributed by atoms with E-state index in [4.69, 9.17) is 20.5 Å². The quantitative estimate of drug-likeness (QED) is 0.686. The maximum absolute atomic E-state index is 6.00. The van der Waals surface area contributed by atoms with Crippen molar-refractivity contribution in [3.63, 3.8) is 0 Å². The van der Waals surface area contributed by atoms with Gasteiger partial charge in [0, 0.05) is 50.2 Å². The van der Waals surface area contributed by atoms with E-state index >= 15 is 0 Å². The van der Waals surface area contributed by atoms with Gasteiger partial charge in [-0.25, -0.2) is 0 Å². The highest BCUT2D eigenvalue weighted by molar-refractivity contribution is 7.16. The van der Waals surface area contributed by atoms with E-state index in [1.807, 2.05) is 24.3 Å². The van der Waals surface area contributed by atoms with Crippen LogP contribution in [0.4, 0.5) is 0 Å². The molecule has 0 spiro atoms. The first kappa shape index (κ1) is 15.9. The van der Waals surface area contributed by atoms with Crippen LogP contribution in [0.15, 0.2) is 45.5 Å². The number of nitrogens with zero attached hydrogens (tertiary/aromatic N) is 3.